The fraction of sp³-hybridized carbons (Fsp3) is 0.0500. The molecule has 3 aromatic carbocycles. The predicted molar refractivity (Wildman–Crippen MR) is 107 cm³/mol. The lowest BCUT2D eigenvalue weighted by Gasteiger charge is -2.15. The van der Waals surface area contributed by atoms with E-state index in [2.05, 4.69) is 10.6 Å². The molecular formula is C20H16Cl2N2O2. The highest BCUT2D eigenvalue weighted by Gasteiger charge is 2.15. The van der Waals surface area contributed by atoms with Gasteiger partial charge in [0.05, 0.1) is 27.0 Å². The van der Waals surface area contributed by atoms with E-state index in [9.17, 15) is 9.90 Å². The van der Waals surface area contributed by atoms with Crippen molar-refractivity contribution in [3.8, 4) is 5.75 Å². The molecule has 6 heteroatoms. The minimum atomic E-state index is -0.293. The van der Waals surface area contributed by atoms with E-state index < -0.39 is 0 Å². The summed E-state index contributed by atoms with van der Waals surface area (Å²) < 4.78 is 0. The number of halogens is 2. The van der Waals surface area contributed by atoms with Crippen LogP contribution < -0.4 is 10.6 Å². The van der Waals surface area contributed by atoms with E-state index in [0.29, 0.717) is 32.7 Å². The molecule has 0 aliphatic carbocycles. The van der Waals surface area contributed by atoms with Crippen molar-refractivity contribution in [2.24, 2.45) is 0 Å². The summed E-state index contributed by atoms with van der Waals surface area (Å²) in [5, 5.41) is 16.3. The predicted octanol–water partition coefficient (Wildman–Crippen LogP) is 6.00. The number of phenolic OH excluding ortho intramolecular Hbond substituents is 1. The van der Waals surface area contributed by atoms with Gasteiger partial charge in [-0.05, 0) is 55.0 Å². The van der Waals surface area contributed by atoms with Crippen LogP contribution in [0.4, 0.5) is 17.1 Å². The second kappa shape index (κ2) is 7.68. The summed E-state index contributed by atoms with van der Waals surface area (Å²) in [6.07, 6.45) is 0. The molecule has 4 nitrogen and oxygen atoms in total. The number of carbonyl (C=O) groups excluding carboxylic acids is 1. The van der Waals surface area contributed by atoms with Gasteiger partial charge in [0.2, 0.25) is 0 Å². The van der Waals surface area contributed by atoms with Crippen LogP contribution in [0.1, 0.15) is 15.9 Å². The summed E-state index contributed by atoms with van der Waals surface area (Å²) in [4.78, 5) is 12.7. The zero-order valence-electron chi connectivity index (χ0n) is 13.9. The second-order valence-corrected chi connectivity index (χ2v) is 6.51. The third-order valence-corrected chi connectivity index (χ3v) is 4.64. The molecule has 0 unspecified atom stereocenters. The third kappa shape index (κ3) is 3.93. The van der Waals surface area contributed by atoms with E-state index in [0.717, 1.165) is 5.56 Å². The average Bonchev–Trinajstić information content (AvgIpc) is 2.64. The van der Waals surface area contributed by atoms with Crippen LogP contribution in [0, 0.1) is 6.92 Å². The Balaban J connectivity index is 1.90. The Labute approximate surface area is 161 Å². The Morgan fingerprint density at radius 1 is 0.962 bits per heavy atom. The summed E-state index contributed by atoms with van der Waals surface area (Å²) in [6, 6.07) is 16.9. The smallest absolute Gasteiger partial charge is 0.257 e. The van der Waals surface area contributed by atoms with Crippen LogP contribution in [0.5, 0.6) is 5.75 Å². The van der Waals surface area contributed by atoms with Crippen molar-refractivity contribution < 1.29 is 9.90 Å². The van der Waals surface area contributed by atoms with Gasteiger partial charge in [0.1, 0.15) is 5.75 Å². The maximum absolute atomic E-state index is 12.7. The number of anilines is 3. The summed E-state index contributed by atoms with van der Waals surface area (Å²) >= 11 is 12.6. The molecule has 0 saturated carbocycles. The maximum atomic E-state index is 12.7. The number of aromatic hydroxyl groups is 1. The van der Waals surface area contributed by atoms with E-state index in [-0.39, 0.29) is 11.7 Å². The molecule has 3 rings (SSSR count). The lowest BCUT2D eigenvalue weighted by Crippen LogP contribution is -2.14. The lowest BCUT2D eigenvalue weighted by molar-refractivity contribution is 0.102. The molecule has 3 N–H and O–H groups in total. The lowest BCUT2D eigenvalue weighted by atomic mass is 10.1. The number of phenols is 1. The van der Waals surface area contributed by atoms with E-state index in [1.165, 1.54) is 12.1 Å². The highest BCUT2D eigenvalue weighted by atomic mass is 35.5. The molecule has 0 fully saturated rings. The monoisotopic (exact) mass is 386 g/mol. The van der Waals surface area contributed by atoms with Crippen molar-refractivity contribution in [3.05, 3.63) is 81.8 Å². The molecule has 0 aromatic heterocycles. The minimum Gasteiger partial charge on any atom is -0.508 e. The molecule has 0 aliphatic heterocycles. The third-order valence-electron chi connectivity index (χ3n) is 3.84. The number of rotatable bonds is 4. The molecule has 0 bridgehead atoms. The molecular weight excluding hydrogens is 371 g/mol. The highest BCUT2D eigenvalue weighted by molar-refractivity contribution is 6.39. The molecule has 0 aliphatic rings. The number of amides is 1. The summed E-state index contributed by atoms with van der Waals surface area (Å²) in [7, 11) is 0. The molecule has 0 saturated heterocycles. The van der Waals surface area contributed by atoms with Crippen molar-refractivity contribution in [1.29, 1.82) is 0 Å². The van der Waals surface area contributed by atoms with Gasteiger partial charge in [-0.2, -0.15) is 0 Å². The van der Waals surface area contributed by atoms with Crippen LogP contribution in [-0.4, -0.2) is 11.0 Å². The second-order valence-electron chi connectivity index (χ2n) is 5.72. The van der Waals surface area contributed by atoms with E-state index in [4.69, 9.17) is 23.2 Å². The summed E-state index contributed by atoms with van der Waals surface area (Å²) in [5.74, 6) is -0.160. The van der Waals surface area contributed by atoms with Gasteiger partial charge in [-0.1, -0.05) is 41.4 Å². The Morgan fingerprint density at radius 3 is 2.38 bits per heavy atom. The van der Waals surface area contributed by atoms with Gasteiger partial charge in [-0.25, -0.2) is 0 Å². The van der Waals surface area contributed by atoms with Gasteiger partial charge in [0.25, 0.3) is 5.91 Å². The Morgan fingerprint density at radius 2 is 1.65 bits per heavy atom. The van der Waals surface area contributed by atoms with Crippen LogP contribution in [0.25, 0.3) is 0 Å². The van der Waals surface area contributed by atoms with E-state index >= 15 is 0 Å². The first-order chi connectivity index (χ1) is 12.5. The molecule has 0 heterocycles. The SMILES string of the molecule is Cc1ccc(Cl)c(Nc2ccccc2C(=O)Nc2ccc(O)cc2)c1Cl. The van der Waals surface area contributed by atoms with Gasteiger partial charge in [0.15, 0.2) is 0 Å². The highest BCUT2D eigenvalue weighted by Crippen LogP contribution is 2.36. The standard InChI is InChI=1S/C20H16Cl2N2O2/c1-12-6-11-16(21)19(18(12)22)24-17-5-3-2-4-15(17)20(26)23-13-7-9-14(25)10-8-13/h2-11,24-25H,1H3,(H,23,26). The first-order valence-electron chi connectivity index (χ1n) is 7.87. The average molecular weight is 387 g/mol. The minimum absolute atomic E-state index is 0.133. The number of benzene rings is 3. The van der Waals surface area contributed by atoms with Gasteiger partial charge >= 0.3 is 0 Å². The fourth-order valence-corrected chi connectivity index (χ4v) is 2.90. The molecule has 0 radical (unpaired) electrons. The summed E-state index contributed by atoms with van der Waals surface area (Å²) in [5.41, 5.74) is 3.03. The normalized spacial score (nSPS) is 10.4. The molecule has 0 spiro atoms. The van der Waals surface area contributed by atoms with Crippen LogP contribution in [-0.2, 0) is 0 Å². The first kappa shape index (κ1) is 18.1. The molecule has 3 aromatic rings. The molecule has 0 atom stereocenters. The number of hydrogen-bond acceptors (Lipinski definition) is 3. The molecule has 26 heavy (non-hydrogen) atoms. The maximum Gasteiger partial charge on any atom is 0.257 e. The Hall–Kier alpha value is -2.69. The van der Waals surface area contributed by atoms with Crippen LogP contribution in [0.2, 0.25) is 10.0 Å². The summed E-state index contributed by atoms with van der Waals surface area (Å²) in [6.45, 7) is 1.88. The first-order valence-corrected chi connectivity index (χ1v) is 8.62. The number of carbonyl (C=O) groups is 1. The quantitative estimate of drug-likeness (QED) is 0.481. The molecule has 1 amide bonds. The van der Waals surface area contributed by atoms with Crippen molar-refractivity contribution in [2.75, 3.05) is 10.6 Å². The van der Waals surface area contributed by atoms with Crippen LogP contribution >= 0.6 is 23.2 Å². The van der Waals surface area contributed by atoms with Gasteiger partial charge < -0.3 is 15.7 Å². The fourth-order valence-electron chi connectivity index (χ4n) is 2.44. The number of aryl methyl sites for hydroxylation is 1. The van der Waals surface area contributed by atoms with Crippen molar-refractivity contribution in [1.82, 2.24) is 0 Å². The number of hydrogen-bond donors (Lipinski definition) is 3. The number of para-hydroxylation sites is 1. The van der Waals surface area contributed by atoms with E-state index in [1.807, 2.05) is 19.1 Å². The largest absolute Gasteiger partial charge is 0.508 e. The zero-order chi connectivity index (χ0) is 18.7. The Kier molecular flexibility index (Phi) is 5.35. The van der Waals surface area contributed by atoms with Crippen molar-refractivity contribution in [3.63, 3.8) is 0 Å². The molecule has 132 valence electrons. The van der Waals surface area contributed by atoms with Crippen LogP contribution in [0.15, 0.2) is 60.7 Å². The van der Waals surface area contributed by atoms with Gasteiger partial charge in [0, 0.05) is 5.69 Å². The van der Waals surface area contributed by atoms with Crippen molar-refractivity contribution in [2.45, 2.75) is 6.92 Å². The van der Waals surface area contributed by atoms with Gasteiger partial charge in [-0.3, -0.25) is 4.79 Å². The van der Waals surface area contributed by atoms with E-state index in [1.54, 1.807) is 36.4 Å². The Bertz CT molecular complexity index is 957. The zero-order valence-corrected chi connectivity index (χ0v) is 15.4. The van der Waals surface area contributed by atoms with Gasteiger partial charge in [-0.15, -0.1) is 0 Å². The number of nitrogens with one attached hydrogen (secondary N) is 2. The van der Waals surface area contributed by atoms with Crippen LogP contribution in [0.3, 0.4) is 0 Å². The van der Waals surface area contributed by atoms with Crippen molar-refractivity contribution >= 4 is 46.2 Å². The topological polar surface area (TPSA) is 61.4 Å².